The number of carbonyl (C=O) groups is 1. The summed E-state index contributed by atoms with van der Waals surface area (Å²) in [4.78, 5) is 10.6. The van der Waals surface area contributed by atoms with Crippen LogP contribution in [-0.4, -0.2) is 36.8 Å². The molecule has 1 fully saturated rings. The Balaban J connectivity index is 2.18. The predicted octanol–water partition coefficient (Wildman–Crippen LogP) is 0.191. The average molecular weight is 186 g/mol. The summed E-state index contributed by atoms with van der Waals surface area (Å²) >= 11 is 0. The second-order valence-corrected chi connectivity index (χ2v) is 3.57. The first-order valence-electron chi connectivity index (χ1n) is 4.87. The summed E-state index contributed by atoms with van der Waals surface area (Å²) in [5.41, 5.74) is 0. The SMILES string of the molecule is CNC(CNC1CCCC1)C(=O)O. The van der Waals surface area contributed by atoms with Crippen LogP contribution in [0.2, 0.25) is 0 Å². The van der Waals surface area contributed by atoms with Crippen molar-refractivity contribution in [1.82, 2.24) is 10.6 Å². The molecule has 1 saturated carbocycles. The van der Waals surface area contributed by atoms with Crippen LogP contribution in [0.25, 0.3) is 0 Å². The van der Waals surface area contributed by atoms with Gasteiger partial charge in [-0.3, -0.25) is 4.79 Å². The quantitative estimate of drug-likeness (QED) is 0.573. The van der Waals surface area contributed by atoms with E-state index in [1.807, 2.05) is 0 Å². The lowest BCUT2D eigenvalue weighted by atomic mass is 10.2. The van der Waals surface area contributed by atoms with Crippen molar-refractivity contribution in [3.63, 3.8) is 0 Å². The lowest BCUT2D eigenvalue weighted by Gasteiger charge is -2.16. The fraction of sp³-hybridized carbons (Fsp3) is 0.889. The number of hydrogen-bond acceptors (Lipinski definition) is 3. The maximum atomic E-state index is 10.6. The molecular formula is C9H18N2O2. The Hall–Kier alpha value is -0.610. The summed E-state index contributed by atoms with van der Waals surface area (Å²) in [5.74, 6) is -0.784. The highest BCUT2D eigenvalue weighted by atomic mass is 16.4. The molecule has 1 atom stereocenters. The minimum absolute atomic E-state index is 0.458. The summed E-state index contributed by atoms with van der Waals surface area (Å²) in [5, 5.41) is 14.8. The van der Waals surface area contributed by atoms with Crippen molar-refractivity contribution in [2.24, 2.45) is 0 Å². The summed E-state index contributed by atoms with van der Waals surface area (Å²) in [6.45, 7) is 0.524. The zero-order valence-corrected chi connectivity index (χ0v) is 8.05. The molecule has 0 saturated heterocycles. The second-order valence-electron chi connectivity index (χ2n) is 3.57. The lowest BCUT2D eigenvalue weighted by molar-refractivity contribution is -0.139. The molecule has 3 N–H and O–H groups in total. The van der Waals surface area contributed by atoms with Gasteiger partial charge in [-0.05, 0) is 19.9 Å². The van der Waals surface area contributed by atoms with E-state index in [1.54, 1.807) is 7.05 Å². The molecular weight excluding hydrogens is 168 g/mol. The number of aliphatic carboxylic acids is 1. The maximum Gasteiger partial charge on any atom is 0.322 e. The molecule has 1 unspecified atom stereocenters. The number of nitrogens with one attached hydrogen (secondary N) is 2. The van der Waals surface area contributed by atoms with E-state index in [2.05, 4.69) is 10.6 Å². The van der Waals surface area contributed by atoms with Gasteiger partial charge in [0.15, 0.2) is 0 Å². The topological polar surface area (TPSA) is 61.4 Å². The first-order chi connectivity index (χ1) is 6.24. The molecule has 4 heteroatoms. The molecule has 0 radical (unpaired) electrons. The monoisotopic (exact) mass is 186 g/mol. The van der Waals surface area contributed by atoms with Gasteiger partial charge in [-0.15, -0.1) is 0 Å². The van der Waals surface area contributed by atoms with E-state index in [-0.39, 0.29) is 0 Å². The molecule has 0 aromatic rings. The highest BCUT2D eigenvalue weighted by Gasteiger charge is 2.19. The summed E-state index contributed by atoms with van der Waals surface area (Å²) < 4.78 is 0. The lowest BCUT2D eigenvalue weighted by Crippen LogP contribution is -2.45. The number of rotatable bonds is 5. The van der Waals surface area contributed by atoms with Crippen LogP contribution in [0.5, 0.6) is 0 Å². The summed E-state index contributed by atoms with van der Waals surface area (Å²) in [6, 6.07) is 0.0794. The van der Waals surface area contributed by atoms with Crippen molar-refractivity contribution in [3.8, 4) is 0 Å². The predicted molar refractivity (Wildman–Crippen MR) is 50.7 cm³/mol. The molecule has 0 aromatic heterocycles. The van der Waals surface area contributed by atoms with Crippen molar-refractivity contribution in [2.75, 3.05) is 13.6 Å². The Kier molecular flexibility index (Phi) is 4.18. The molecule has 13 heavy (non-hydrogen) atoms. The zero-order chi connectivity index (χ0) is 9.68. The Morgan fingerprint density at radius 1 is 1.54 bits per heavy atom. The fourth-order valence-corrected chi connectivity index (χ4v) is 1.73. The van der Waals surface area contributed by atoms with Crippen LogP contribution in [0.3, 0.4) is 0 Å². The van der Waals surface area contributed by atoms with E-state index < -0.39 is 12.0 Å². The third-order valence-corrected chi connectivity index (χ3v) is 2.61. The van der Waals surface area contributed by atoms with Crippen LogP contribution in [0.4, 0.5) is 0 Å². The van der Waals surface area contributed by atoms with Gasteiger partial charge in [-0.25, -0.2) is 0 Å². The van der Waals surface area contributed by atoms with Gasteiger partial charge in [0.1, 0.15) is 6.04 Å². The molecule has 1 rings (SSSR count). The molecule has 1 aliphatic carbocycles. The minimum Gasteiger partial charge on any atom is -0.480 e. The molecule has 0 heterocycles. The maximum absolute atomic E-state index is 10.6. The Morgan fingerprint density at radius 2 is 2.15 bits per heavy atom. The van der Waals surface area contributed by atoms with Crippen LogP contribution in [-0.2, 0) is 4.79 Å². The van der Waals surface area contributed by atoms with E-state index in [4.69, 9.17) is 5.11 Å². The van der Waals surface area contributed by atoms with Crippen LogP contribution in [0.1, 0.15) is 25.7 Å². The van der Waals surface area contributed by atoms with Crippen molar-refractivity contribution in [1.29, 1.82) is 0 Å². The molecule has 0 amide bonds. The van der Waals surface area contributed by atoms with E-state index in [1.165, 1.54) is 25.7 Å². The van der Waals surface area contributed by atoms with Crippen LogP contribution in [0, 0.1) is 0 Å². The third-order valence-electron chi connectivity index (χ3n) is 2.61. The van der Waals surface area contributed by atoms with Crippen LogP contribution < -0.4 is 10.6 Å². The van der Waals surface area contributed by atoms with Crippen molar-refractivity contribution in [3.05, 3.63) is 0 Å². The number of carboxylic acid groups (broad SMARTS) is 1. The van der Waals surface area contributed by atoms with Gasteiger partial charge in [0, 0.05) is 12.6 Å². The van der Waals surface area contributed by atoms with Gasteiger partial charge in [0.05, 0.1) is 0 Å². The number of hydrogen-bond donors (Lipinski definition) is 3. The summed E-state index contributed by atoms with van der Waals surface area (Å²) in [6.07, 6.45) is 4.93. The molecule has 76 valence electrons. The van der Waals surface area contributed by atoms with Crippen LogP contribution in [0.15, 0.2) is 0 Å². The van der Waals surface area contributed by atoms with Gasteiger partial charge < -0.3 is 15.7 Å². The first-order valence-corrected chi connectivity index (χ1v) is 4.87. The van der Waals surface area contributed by atoms with Crippen LogP contribution >= 0.6 is 0 Å². The molecule has 4 nitrogen and oxygen atoms in total. The fourth-order valence-electron chi connectivity index (χ4n) is 1.73. The first kappa shape index (κ1) is 10.5. The van der Waals surface area contributed by atoms with Gasteiger partial charge in [-0.1, -0.05) is 12.8 Å². The highest BCUT2D eigenvalue weighted by Crippen LogP contribution is 2.17. The third kappa shape index (κ3) is 3.32. The molecule has 0 aromatic carbocycles. The van der Waals surface area contributed by atoms with Crippen molar-refractivity contribution < 1.29 is 9.90 Å². The zero-order valence-electron chi connectivity index (χ0n) is 8.05. The highest BCUT2D eigenvalue weighted by molar-refractivity contribution is 5.73. The smallest absolute Gasteiger partial charge is 0.322 e. The van der Waals surface area contributed by atoms with E-state index in [0.29, 0.717) is 12.6 Å². The summed E-state index contributed by atoms with van der Waals surface area (Å²) in [7, 11) is 1.68. The Labute approximate surface area is 78.7 Å². The second kappa shape index (κ2) is 5.19. The minimum atomic E-state index is -0.784. The van der Waals surface area contributed by atoms with E-state index in [9.17, 15) is 4.79 Å². The van der Waals surface area contributed by atoms with E-state index >= 15 is 0 Å². The van der Waals surface area contributed by atoms with Gasteiger partial charge in [-0.2, -0.15) is 0 Å². The number of likely N-dealkylation sites (N-methyl/N-ethyl adjacent to an activating group) is 1. The Bertz CT molecular complexity index is 167. The normalized spacial score (nSPS) is 20.4. The number of carboxylic acids is 1. The molecule has 0 aliphatic heterocycles. The van der Waals surface area contributed by atoms with Gasteiger partial charge in [0.25, 0.3) is 0 Å². The van der Waals surface area contributed by atoms with Gasteiger partial charge in [0.2, 0.25) is 0 Å². The molecule has 1 aliphatic rings. The van der Waals surface area contributed by atoms with Crippen molar-refractivity contribution >= 4 is 5.97 Å². The Morgan fingerprint density at radius 3 is 2.62 bits per heavy atom. The standard InChI is InChI=1S/C9H18N2O2/c1-10-8(9(12)13)6-11-7-4-2-3-5-7/h7-8,10-11H,2-6H2,1H3,(H,12,13). The molecule has 0 spiro atoms. The van der Waals surface area contributed by atoms with E-state index in [0.717, 1.165) is 0 Å². The largest absolute Gasteiger partial charge is 0.480 e. The molecule has 0 bridgehead atoms. The van der Waals surface area contributed by atoms with Gasteiger partial charge >= 0.3 is 5.97 Å². The van der Waals surface area contributed by atoms with Crippen molar-refractivity contribution in [2.45, 2.75) is 37.8 Å². The average Bonchev–Trinajstić information content (AvgIpc) is 2.57.